The number of aromatic nitrogens is 2. The highest BCUT2D eigenvalue weighted by atomic mass is 35.5. The van der Waals surface area contributed by atoms with Crippen molar-refractivity contribution >= 4 is 44.8 Å². The van der Waals surface area contributed by atoms with E-state index < -0.39 is 10.0 Å². The van der Waals surface area contributed by atoms with Gasteiger partial charge in [-0.1, -0.05) is 34.8 Å². The Morgan fingerprint density at radius 1 is 1.20 bits per heavy atom. The summed E-state index contributed by atoms with van der Waals surface area (Å²) in [6.45, 7) is 0.194. The predicted octanol–water partition coefficient (Wildman–Crippen LogP) is 2.89. The molecule has 0 saturated carbocycles. The SMILES string of the molecule is O=S(=O)(NCCc1cnc[nH]1)c1c(Cl)cc(Cl)cc1Cl. The standard InChI is InChI=1S/C11H10Cl3N3O2S/c12-7-3-9(13)11(10(14)4-7)20(18,19)17-2-1-8-5-15-6-16-8/h3-6,17H,1-2H2,(H,15,16). The van der Waals surface area contributed by atoms with Crippen LogP contribution in [-0.2, 0) is 16.4 Å². The largest absolute Gasteiger partial charge is 0.348 e. The molecule has 0 aliphatic rings. The zero-order valence-corrected chi connectivity index (χ0v) is 13.1. The quantitative estimate of drug-likeness (QED) is 0.867. The number of aromatic amines is 1. The first-order chi connectivity index (χ1) is 9.40. The second-order valence-electron chi connectivity index (χ2n) is 3.92. The van der Waals surface area contributed by atoms with Gasteiger partial charge in [0.15, 0.2) is 0 Å². The van der Waals surface area contributed by atoms with Crippen molar-refractivity contribution in [3.05, 3.63) is 45.4 Å². The van der Waals surface area contributed by atoms with E-state index in [1.54, 1.807) is 6.20 Å². The summed E-state index contributed by atoms with van der Waals surface area (Å²) in [6.07, 6.45) is 3.62. The molecule has 0 unspecified atom stereocenters. The van der Waals surface area contributed by atoms with Crippen LogP contribution >= 0.6 is 34.8 Å². The van der Waals surface area contributed by atoms with Crippen molar-refractivity contribution in [3.8, 4) is 0 Å². The molecule has 0 spiro atoms. The Morgan fingerprint density at radius 3 is 2.40 bits per heavy atom. The van der Waals surface area contributed by atoms with Crippen LogP contribution in [0.2, 0.25) is 15.1 Å². The van der Waals surface area contributed by atoms with Crippen molar-refractivity contribution in [1.82, 2.24) is 14.7 Å². The first-order valence-electron chi connectivity index (χ1n) is 5.51. The van der Waals surface area contributed by atoms with Crippen molar-refractivity contribution in [2.75, 3.05) is 6.54 Å². The Hall–Kier alpha value is -0.790. The number of sulfonamides is 1. The Labute approximate surface area is 131 Å². The molecule has 9 heteroatoms. The highest BCUT2D eigenvalue weighted by molar-refractivity contribution is 7.89. The molecule has 5 nitrogen and oxygen atoms in total. The number of H-pyrrole nitrogens is 1. The van der Waals surface area contributed by atoms with E-state index in [4.69, 9.17) is 34.8 Å². The molecular weight excluding hydrogens is 345 g/mol. The number of nitrogens with zero attached hydrogens (tertiary/aromatic N) is 1. The van der Waals surface area contributed by atoms with Gasteiger partial charge in [-0.3, -0.25) is 0 Å². The molecule has 2 rings (SSSR count). The van der Waals surface area contributed by atoms with Gasteiger partial charge in [0.1, 0.15) is 4.90 Å². The van der Waals surface area contributed by atoms with Gasteiger partial charge in [-0.05, 0) is 12.1 Å². The van der Waals surface area contributed by atoms with E-state index in [2.05, 4.69) is 14.7 Å². The maximum Gasteiger partial charge on any atom is 0.243 e. The maximum absolute atomic E-state index is 12.2. The smallest absolute Gasteiger partial charge is 0.243 e. The van der Waals surface area contributed by atoms with Gasteiger partial charge in [0, 0.05) is 29.9 Å². The molecule has 2 N–H and O–H groups in total. The molecule has 0 radical (unpaired) electrons. The normalized spacial score (nSPS) is 11.8. The second kappa shape index (κ2) is 6.32. The lowest BCUT2D eigenvalue weighted by Gasteiger charge is -2.10. The Morgan fingerprint density at radius 2 is 1.85 bits per heavy atom. The molecule has 0 fully saturated rings. The van der Waals surface area contributed by atoms with Gasteiger partial charge < -0.3 is 4.98 Å². The predicted molar refractivity (Wildman–Crippen MR) is 79.0 cm³/mol. The minimum absolute atomic E-state index is 0.0171. The molecule has 1 heterocycles. The number of imidazole rings is 1. The van der Waals surface area contributed by atoms with E-state index in [-0.39, 0.29) is 26.5 Å². The fourth-order valence-electron chi connectivity index (χ4n) is 1.60. The van der Waals surface area contributed by atoms with E-state index in [1.165, 1.54) is 18.5 Å². The first-order valence-corrected chi connectivity index (χ1v) is 8.13. The summed E-state index contributed by atoms with van der Waals surface area (Å²) >= 11 is 17.5. The van der Waals surface area contributed by atoms with Crippen LogP contribution in [0.15, 0.2) is 29.6 Å². The number of benzene rings is 1. The lowest BCUT2D eigenvalue weighted by molar-refractivity contribution is 0.581. The monoisotopic (exact) mass is 353 g/mol. The molecule has 0 saturated heterocycles. The summed E-state index contributed by atoms with van der Waals surface area (Å²) < 4.78 is 26.8. The number of rotatable bonds is 5. The van der Waals surface area contributed by atoms with E-state index >= 15 is 0 Å². The average molecular weight is 355 g/mol. The topological polar surface area (TPSA) is 74.8 Å². The minimum Gasteiger partial charge on any atom is -0.348 e. The van der Waals surface area contributed by atoms with Crippen LogP contribution in [0.1, 0.15) is 5.69 Å². The van der Waals surface area contributed by atoms with Crippen molar-refractivity contribution in [2.24, 2.45) is 0 Å². The molecule has 0 aliphatic heterocycles. The van der Waals surface area contributed by atoms with E-state index in [1.807, 2.05) is 0 Å². The minimum atomic E-state index is -3.80. The summed E-state index contributed by atoms with van der Waals surface area (Å²) in [5, 5.41) is 0.240. The summed E-state index contributed by atoms with van der Waals surface area (Å²) in [5.74, 6) is 0. The highest BCUT2D eigenvalue weighted by Gasteiger charge is 2.22. The van der Waals surface area contributed by atoms with Gasteiger partial charge in [0.25, 0.3) is 0 Å². The van der Waals surface area contributed by atoms with Gasteiger partial charge in [0.2, 0.25) is 10.0 Å². The van der Waals surface area contributed by atoms with Crippen LogP contribution < -0.4 is 4.72 Å². The third-order valence-corrected chi connectivity index (χ3v) is 5.07. The van der Waals surface area contributed by atoms with Crippen LogP contribution in [0.3, 0.4) is 0 Å². The van der Waals surface area contributed by atoms with Crippen LogP contribution in [0, 0.1) is 0 Å². The van der Waals surface area contributed by atoms with Gasteiger partial charge in [-0.25, -0.2) is 18.1 Å². The maximum atomic E-state index is 12.2. The zero-order chi connectivity index (χ0) is 14.8. The van der Waals surface area contributed by atoms with Crippen molar-refractivity contribution in [1.29, 1.82) is 0 Å². The molecule has 0 atom stereocenters. The summed E-state index contributed by atoms with van der Waals surface area (Å²) in [6, 6.07) is 2.66. The number of hydrogen-bond acceptors (Lipinski definition) is 3. The van der Waals surface area contributed by atoms with E-state index in [0.29, 0.717) is 6.42 Å². The van der Waals surface area contributed by atoms with E-state index in [0.717, 1.165) is 5.69 Å². The third kappa shape index (κ3) is 3.65. The molecule has 0 amide bonds. The molecule has 108 valence electrons. The third-order valence-electron chi connectivity index (χ3n) is 2.47. The zero-order valence-electron chi connectivity index (χ0n) is 10.0. The molecule has 1 aromatic heterocycles. The molecule has 20 heavy (non-hydrogen) atoms. The van der Waals surface area contributed by atoms with Gasteiger partial charge >= 0.3 is 0 Å². The summed E-state index contributed by atoms with van der Waals surface area (Å²) in [5.41, 5.74) is 0.820. The summed E-state index contributed by atoms with van der Waals surface area (Å²) in [7, 11) is -3.80. The van der Waals surface area contributed by atoms with Crippen LogP contribution in [-0.4, -0.2) is 24.9 Å². The number of hydrogen-bond donors (Lipinski definition) is 2. The Bertz CT molecular complexity index is 679. The van der Waals surface area contributed by atoms with Crippen LogP contribution in [0.5, 0.6) is 0 Å². The highest BCUT2D eigenvalue weighted by Crippen LogP contribution is 2.32. The molecule has 0 aliphatic carbocycles. The second-order valence-corrected chi connectivity index (χ2v) is 6.88. The summed E-state index contributed by atoms with van der Waals surface area (Å²) in [4.78, 5) is 6.55. The van der Waals surface area contributed by atoms with Gasteiger partial charge in [-0.15, -0.1) is 0 Å². The molecule has 2 aromatic rings. The lowest BCUT2D eigenvalue weighted by Crippen LogP contribution is -2.26. The van der Waals surface area contributed by atoms with E-state index in [9.17, 15) is 8.42 Å². The Kier molecular flexibility index (Phi) is 4.93. The molecule has 1 aromatic carbocycles. The Balaban J connectivity index is 2.14. The van der Waals surface area contributed by atoms with Gasteiger partial charge in [-0.2, -0.15) is 0 Å². The van der Waals surface area contributed by atoms with Crippen LogP contribution in [0.25, 0.3) is 0 Å². The fraction of sp³-hybridized carbons (Fsp3) is 0.182. The van der Waals surface area contributed by atoms with Crippen molar-refractivity contribution in [3.63, 3.8) is 0 Å². The molecular formula is C11H10Cl3N3O2S. The van der Waals surface area contributed by atoms with Crippen molar-refractivity contribution in [2.45, 2.75) is 11.3 Å². The fourth-order valence-corrected chi connectivity index (χ4v) is 4.17. The lowest BCUT2D eigenvalue weighted by atomic mass is 10.3. The molecule has 0 bridgehead atoms. The van der Waals surface area contributed by atoms with Gasteiger partial charge in [0.05, 0.1) is 16.4 Å². The average Bonchev–Trinajstić information content (AvgIpc) is 2.79. The number of halogens is 3. The first kappa shape index (κ1) is 15.6. The van der Waals surface area contributed by atoms with Crippen LogP contribution in [0.4, 0.5) is 0 Å². The van der Waals surface area contributed by atoms with Crippen molar-refractivity contribution < 1.29 is 8.42 Å². The number of nitrogens with one attached hydrogen (secondary N) is 2.